The molecule has 0 saturated carbocycles. The molecule has 0 amide bonds. The molecule has 3 aromatic heterocycles. The van der Waals surface area contributed by atoms with E-state index in [0.29, 0.717) is 30.7 Å². The van der Waals surface area contributed by atoms with E-state index in [0.717, 1.165) is 72.8 Å². The number of aromatic nitrogens is 3. The number of fused-ring (bicyclic) bond motifs is 2. The van der Waals surface area contributed by atoms with Crippen LogP contribution in [0, 0.1) is 5.92 Å². The first-order valence-electron chi connectivity index (χ1n) is 11.4. The maximum Gasteiger partial charge on any atom is 0.250 e. The van der Waals surface area contributed by atoms with Crippen LogP contribution < -0.4 is 20.3 Å². The second-order valence-electron chi connectivity index (χ2n) is 8.70. The van der Waals surface area contributed by atoms with E-state index in [9.17, 15) is 4.79 Å². The molecule has 3 aromatic rings. The van der Waals surface area contributed by atoms with Crippen LogP contribution in [0.5, 0.6) is 11.5 Å². The van der Waals surface area contributed by atoms with Crippen molar-refractivity contribution in [1.29, 1.82) is 0 Å². The van der Waals surface area contributed by atoms with Crippen molar-refractivity contribution in [2.24, 2.45) is 13.0 Å². The van der Waals surface area contributed by atoms with Gasteiger partial charge in [-0.25, -0.2) is 0 Å². The number of rotatable bonds is 7. The Balaban J connectivity index is 0.00000171. The predicted octanol–water partition coefficient (Wildman–Crippen LogP) is 3.25. The van der Waals surface area contributed by atoms with E-state index in [1.165, 1.54) is 0 Å². The second-order valence-corrected chi connectivity index (χ2v) is 9.11. The molecule has 35 heavy (non-hydrogen) atoms. The van der Waals surface area contributed by atoms with E-state index in [4.69, 9.17) is 21.1 Å². The molecule has 11 heteroatoms. The highest BCUT2D eigenvalue weighted by molar-refractivity contribution is 6.32. The molecule has 2 aliphatic rings. The summed E-state index contributed by atoms with van der Waals surface area (Å²) in [6.07, 6.45) is 5.38. The Labute approximate surface area is 221 Å². The summed E-state index contributed by atoms with van der Waals surface area (Å²) in [7, 11) is 1.78. The molecule has 1 fully saturated rings. The summed E-state index contributed by atoms with van der Waals surface area (Å²) >= 11 is 6.48. The normalized spacial score (nSPS) is 17.1. The Bertz CT molecular complexity index is 1220. The molecule has 8 nitrogen and oxygen atoms in total. The standard InChI is InChI=1S/C24H28ClN5O3.2ClH/c1-29-23(31)3-2-20-24(29)18(19(25)13-28-20)5-7-30-6-4-16(15-30)11-26-12-17-10-21-22(14-27-17)33-9-8-32-21;;/h2-3,10,13-14,16,26H,4-9,11-12,15H2,1H3;2*1H/t16-;;/m0../s1. The number of hydrogen-bond donors (Lipinski definition) is 1. The van der Waals surface area contributed by atoms with Crippen LogP contribution in [0.3, 0.4) is 0 Å². The Morgan fingerprint density at radius 2 is 1.94 bits per heavy atom. The second kappa shape index (κ2) is 12.2. The number of pyridine rings is 3. The number of hydrogen-bond acceptors (Lipinski definition) is 7. The van der Waals surface area contributed by atoms with Crippen LogP contribution in [0.2, 0.25) is 5.02 Å². The lowest BCUT2D eigenvalue weighted by Crippen LogP contribution is -2.28. The smallest absolute Gasteiger partial charge is 0.250 e. The van der Waals surface area contributed by atoms with Crippen LogP contribution in [0.25, 0.3) is 11.0 Å². The first-order valence-corrected chi connectivity index (χ1v) is 11.8. The van der Waals surface area contributed by atoms with Crippen molar-refractivity contribution >= 4 is 47.4 Å². The van der Waals surface area contributed by atoms with Crippen molar-refractivity contribution in [1.82, 2.24) is 24.8 Å². The third-order valence-electron chi connectivity index (χ3n) is 6.46. The summed E-state index contributed by atoms with van der Waals surface area (Å²) in [5.74, 6) is 2.09. The zero-order valence-electron chi connectivity index (χ0n) is 19.5. The average molecular weight is 543 g/mol. The van der Waals surface area contributed by atoms with Crippen LogP contribution in [0.1, 0.15) is 17.7 Å². The Kier molecular flexibility index (Phi) is 9.61. The quantitative estimate of drug-likeness (QED) is 0.491. The largest absolute Gasteiger partial charge is 0.486 e. The van der Waals surface area contributed by atoms with Gasteiger partial charge in [-0.2, -0.15) is 0 Å². The third-order valence-corrected chi connectivity index (χ3v) is 6.78. The Morgan fingerprint density at radius 1 is 1.14 bits per heavy atom. The van der Waals surface area contributed by atoms with E-state index in [2.05, 4.69) is 20.2 Å². The van der Waals surface area contributed by atoms with E-state index in [1.54, 1.807) is 36.1 Å². The zero-order valence-corrected chi connectivity index (χ0v) is 21.9. The van der Waals surface area contributed by atoms with Gasteiger partial charge in [-0.3, -0.25) is 14.8 Å². The molecule has 1 N–H and O–H groups in total. The van der Waals surface area contributed by atoms with Crippen molar-refractivity contribution < 1.29 is 9.47 Å². The minimum atomic E-state index is -0.0485. The van der Waals surface area contributed by atoms with Gasteiger partial charge in [0.2, 0.25) is 0 Å². The number of halogens is 3. The molecular formula is C24H30Cl3N5O3. The van der Waals surface area contributed by atoms with Gasteiger partial charge < -0.3 is 24.3 Å². The molecule has 0 bridgehead atoms. The third kappa shape index (κ3) is 6.19. The highest BCUT2D eigenvalue weighted by atomic mass is 35.5. The van der Waals surface area contributed by atoms with Crippen molar-refractivity contribution in [3.8, 4) is 11.5 Å². The molecule has 0 unspecified atom stereocenters. The van der Waals surface area contributed by atoms with Crippen LogP contribution in [0.15, 0.2) is 35.4 Å². The van der Waals surface area contributed by atoms with Crippen molar-refractivity contribution in [2.45, 2.75) is 19.4 Å². The van der Waals surface area contributed by atoms with Crippen molar-refractivity contribution in [3.63, 3.8) is 0 Å². The van der Waals surface area contributed by atoms with Gasteiger partial charge in [0.15, 0.2) is 11.5 Å². The van der Waals surface area contributed by atoms with Crippen LogP contribution >= 0.6 is 36.4 Å². The summed E-state index contributed by atoms with van der Waals surface area (Å²) in [6, 6.07) is 5.27. The molecular weight excluding hydrogens is 513 g/mol. The monoisotopic (exact) mass is 541 g/mol. The van der Waals surface area contributed by atoms with Gasteiger partial charge in [0.05, 0.1) is 27.9 Å². The summed E-state index contributed by atoms with van der Waals surface area (Å²) in [4.78, 5) is 23.4. The summed E-state index contributed by atoms with van der Waals surface area (Å²) in [5.41, 5.74) is 3.53. The Hall–Kier alpha value is -2.10. The van der Waals surface area contributed by atoms with E-state index < -0.39 is 0 Å². The molecule has 0 spiro atoms. The van der Waals surface area contributed by atoms with Gasteiger partial charge in [-0.05, 0) is 43.5 Å². The summed E-state index contributed by atoms with van der Waals surface area (Å²) < 4.78 is 12.8. The fourth-order valence-electron chi connectivity index (χ4n) is 4.68. The van der Waals surface area contributed by atoms with Gasteiger partial charge in [0.1, 0.15) is 13.2 Å². The number of nitrogens with zero attached hydrogens (tertiary/aromatic N) is 4. The highest BCUT2D eigenvalue weighted by Gasteiger charge is 2.23. The minimum absolute atomic E-state index is 0. The topological polar surface area (TPSA) is 81.5 Å². The van der Waals surface area contributed by atoms with E-state index in [1.807, 2.05) is 6.07 Å². The first-order chi connectivity index (χ1) is 16.1. The van der Waals surface area contributed by atoms with Crippen molar-refractivity contribution in [2.75, 3.05) is 39.4 Å². The summed E-state index contributed by atoms with van der Waals surface area (Å²) in [6.45, 7) is 5.82. The van der Waals surface area contributed by atoms with E-state index >= 15 is 0 Å². The predicted molar refractivity (Wildman–Crippen MR) is 142 cm³/mol. The van der Waals surface area contributed by atoms with Gasteiger partial charge >= 0.3 is 0 Å². The molecule has 1 atom stereocenters. The van der Waals surface area contributed by atoms with Gasteiger partial charge in [-0.1, -0.05) is 11.6 Å². The average Bonchev–Trinajstić information content (AvgIpc) is 3.28. The van der Waals surface area contributed by atoms with Crippen LogP contribution in [-0.4, -0.2) is 58.8 Å². The SMILES string of the molecule is Cl.Cl.Cn1c(=O)ccc2ncc(Cl)c(CCN3CC[C@@H](CNCc4cc5c(cn4)OCCO5)C3)c21. The van der Waals surface area contributed by atoms with Gasteiger partial charge in [0, 0.05) is 45.0 Å². The lowest BCUT2D eigenvalue weighted by Gasteiger charge is -2.19. The molecule has 0 aromatic carbocycles. The van der Waals surface area contributed by atoms with Crippen LogP contribution in [0.4, 0.5) is 0 Å². The molecule has 2 aliphatic heterocycles. The lowest BCUT2D eigenvalue weighted by atomic mass is 10.1. The number of likely N-dealkylation sites (tertiary alicyclic amines) is 1. The van der Waals surface area contributed by atoms with Gasteiger partial charge in [-0.15, -0.1) is 24.8 Å². The maximum atomic E-state index is 12.1. The maximum absolute atomic E-state index is 12.1. The number of ether oxygens (including phenoxy) is 2. The molecule has 5 rings (SSSR count). The molecule has 190 valence electrons. The fourth-order valence-corrected chi connectivity index (χ4v) is 4.91. The lowest BCUT2D eigenvalue weighted by molar-refractivity contribution is 0.170. The molecule has 5 heterocycles. The molecule has 0 radical (unpaired) electrons. The number of aryl methyl sites for hydroxylation is 1. The highest BCUT2D eigenvalue weighted by Crippen LogP contribution is 2.29. The fraction of sp³-hybridized carbons (Fsp3) is 0.458. The Morgan fingerprint density at radius 3 is 2.77 bits per heavy atom. The minimum Gasteiger partial charge on any atom is -0.486 e. The molecule has 0 aliphatic carbocycles. The van der Waals surface area contributed by atoms with Crippen LogP contribution in [-0.2, 0) is 20.0 Å². The number of nitrogens with one attached hydrogen (secondary N) is 1. The molecule has 1 saturated heterocycles. The zero-order chi connectivity index (χ0) is 22.8. The van der Waals surface area contributed by atoms with E-state index in [-0.39, 0.29) is 30.4 Å². The van der Waals surface area contributed by atoms with Gasteiger partial charge in [0.25, 0.3) is 5.56 Å². The summed E-state index contributed by atoms with van der Waals surface area (Å²) in [5, 5.41) is 4.16. The first kappa shape index (κ1) is 27.5. The van der Waals surface area contributed by atoms with Crippen molar-refractivity contribution in [3.05, 3.63) is 57.2 Å².